The van der Waals surface area contributed by atoms with Crippen molar-refractivity contribution < 1.29 is 17.9 Å². The van der Waals surface area contributed by atoms with Gasteiger partial charge in [-0.05, 0) is 31.2 Å². The number of nitrogens with one attached hydrogen (secondary N) is 1. The highest BCUT2D eigenvalue weighted by molar-refractivity contribution is 7.88. The van der Waals surface area contributed by atoms with Crippen molar-refractivity contribution in [2.24, 2.45) is 5.73 Å². The van der Waals surface area contributed by atoms with E-state index in [4.69, 9.17) is 10.5 Å². The van der Waals surface area contributed by atoms with E-state index in [1.165, 1.54) is 13.3 Å². The van der Waals surface area contributed by atoms with Crippen molar-refractivity contribution in [2.75, 3.05) is 12.9 Å². The third-order valence-electron chi connectivity index (χ3n) is 3.00. The second-order valence-corrected chi connectivity index (χ2v) is 6.94. The van der Waals surface area contributed by atoms with E-state index in [1.807, 2.05) is 0 Å². The summed E-state index contributed by atoms with van der Waals surface area (Å²) in [6.07, 6.45) is 3.91. The van der Waals surface area contributed by atoms with Gasteiger partial charge < -0.3 is 10.5 Å². The molecule has 0 aliphatic carbocycles. The lowest BCUT2D eigenvalue weighted by atomic mass is 10.1. The molecule has 0 bridgehead atoms. The molecule has 1 aromatic heterocycles. The summed E-state index contributed by atoms with van der Waals surface area (Å²) in [5.41, 5.74) is 4.50. The van der Waals surface area contributed by atoms with Crippen molar-refractivity contribution in [1.82, 2.24) is 19.5 Å². The Balaban J connectivity index is 2.08. The van der Waals surface area contributed by atoms with Crippen LogP contribution in [0.1, 0.15) is 6.92 Å². The SMILES string of the molecule is CC(COc1ccc(-n2cncn2)cc1)(NS(C)(=O)=O)C(N)=O. The fourth-order valence-corrected chi connectivity index (χ4v) is 2.80. The second kappa shape index (κ2) is 6.34. The first-order valence-corrected chi connectivity index (χ1v) is 8.45. The monoisotopic (exact) mass is 339 g/mol. The molecule has 3 N–H and O–H groups in total. The number of nitrogens with zero attached hydrogens (tertiary/aromatic N) is 3. The number of primary amides is 1. The van der Waals surface area contributed by atoms with Crippen LogP contribution in [0.5, 0.6) is 5.75 Å². The first-order valence-electron chi connectivity index (χ1n) is 6.56. The number of hydrogen-bond acceptors (Lipinski definition) is 6. The maximum Gasteiger partial charge on any atom is 0.241 e. The molecular weight excluding hydrogens is 322 g/mol. The van der Waals surface area contributed by atoms with Gasteiger partial charge >= 0.3 is 0 Å². The minimum absolute atomic E-state index is 0.238. The van der Waals surface area contributed by atoms with Crippen LogP contribution in [0.15, 0.2) is 36.9 Å². The van der Waals surface area contributed by atoms with E-state index in [0.29, 0.717) is 5.75 Å². The van der Waals surface area contributed by atoms with Gasteiger partial charge in [0.05, 0.1) is 11.9 Å². The molecule has 124 valence electrons. The van der Waals surface area contributed by atoms with Crippen LogP contribution in [-0.4, -0.2) is 47.5 Å². The molecule has 23 heavy (non-hydrogen) atoms. The van der Waals surface area contributed by atoms with Gasteiger partial charge in [-0.25, -0.2) is 18.1 Å². The number of rotatable bonds is 7. The van der Waals surface area contributed by atoms with Gasteiger partial charge in [-0.1, -0.05) is 0 Å². The Labute approximate surface area is 133 Å². The van der Waals surface area contributed by atoms with E-state index in [9.17, 15) is 13.2 Å². The van der Waals surface area contributed by atoms with Crippen LogP contribution in [0.3, 0.4) is 0 Å². The van der Waals surface area contributed by atoms with Crippen LogP contribution in [-0.2, 0) is 14.8 Å². The van der Waals surface area contributed by atoms with Gasteiger partial charge in [-0.2, -0.15) is 9.82 Å². The first-order chi connectivity index (χ1) is 10.7. The summed E-state index contributed by atoms with van der Waals surface area (Å²) in [7, 11) is -3.62. The molecule has 0 spiro atoms. The number of nitrogens with two attached hydrogens (primary N) is 1. The summed E-state index contributed by atoms with van der Waals surface area (Å²) >= 11 is 0. The van der Waals surface area contributed by atoms with E-state index in [2.05, 4.69) is 14.8 Å². The summed E-state index contributed by atoms with van der Waals surface area (Å²) in [4.78, 5) is 15.4. The Kier molecular flexibility index (Phi) is 4.66. The highest BCUT2D eigenvalue weighted by atomic mass is 32.2. The number of ether oxygens (including phenoxy) is 1. The quantitative estimate of drug-likeness (QED) is 0.695. The maximum absolute atomic E-state index is 11.5. The lowest BCUT2D eigenvalue weighted by Crippen LogP contribution is -2.58. The summed E-state index contributed by atoms with van der Waals surface area (Å²) in [6, 6.07) is 6.82. The zero-order valence-corrected chi connectivity index (χ0v) is 13.4. The van der Waals surface area contributed by atoms with E-state index < -0.39 is 21.5 Å². The molecule has 1 atom stereocenters. The number of aromatic nitrogens is 3. The van der Waals surface area contributed by atoms with Crippen molar-refractivity contribution in [1.29, 1.82) is 0 Å². The minimum Gasteiger partial charge on any atom is -0.491 e. The van der Waals surface area contributed by atoms with Gasteiger partial charge in [0, 0.05) is 0 Å². The molecule has 1 amide bonds. The fraction of sp³-hybridized carbons (Fsp3) is 0.308. The number of carbonyl (C=O) groups excluding carboxylic acids is 1. The number of amides is 1. The molecule has 1 unspecified atom stereocenters. The van der Waals surface area contributed by atoms with Gasteiger partial charge in [0.2, 0.25) is 15.9 Å². The number of benzene rings is 1. The van der Waals surface area contributed by atoms with Gasteiger partial charge in [-0.3, -0.25) is 4.79 Å². The lowest BCUT2D eigenvalue weighted by molar-refractivity contribution is -0.124. The summed E-state index contributed by atoms with van der Waals surface area (Å²) < 4.78 is 31.9. The highest BCUT2D eigenvalue weighted by Crippen LogP contribution is 2.16. The molecule has 1 heterocycles. The molecule has 0 saturated heterocycles. The standard InChI is InChI=1S/C13H17N5O4S/c1-13(12(14)19,17-23(2,20)21)7-22-11-5-3-10(4-6-11)18-9-15-8-16-18/h3-6,8-9,17H,7H2,1-2H3,(H2,14,19). The predicted molar refractivity (Wildman–Crippen MR) is 82.4 cm³/mol. The van der Waals surface area contributed by atoms with E-state index in [-0.39, 0.29) is 6.61 Å². The molecule has 0 fully saturated rings. The highest BCUT2D eigenvalue weighted by Gasteiger charge is 2.35. The molecule has 9 nitrogen and oxygen atoms in total. The largest absolute Gasteiger partial charge is 0.491 e. The lowest BCUT2D eigenvalue weighted by Gasteiger charge is -2.26. The van der Waals surface area contributed by atoms with Crippen LogP contribution >= 0.6 is 0 Å². The fourth-order valence-electron chi connectivity index (χ4n) is 1.82. The topological polar surface area (TPSA) is 129 Å². The first kappa shape index (κ1) is 16.9. The summed E-state index contributed by atoms with van der Waals surface area (Å²) in [5.74, 6) is -0.376. The predicted octanol–water partition coefficient (Wildman–Crippen LogP) is -0.561. The van der Waals surface area contributed by atoms with Gasteiger partial charge in [0.25, 0.3) is 0 Å². The van der Waals surface area contributed by atoms with Crippen LogP contribution in [0.25, 0.3) is 5.69 Å². The molecule has 10 heteroatoms. The second-order valence-electron chi connectivity index (χ2n) is 5.19. The molecule has 0 saturated carbocycles. The zero-order chi connectivity index (χ0) is 17.1. The third-order valence-corrected chi connectivity index (χ3v) is 3.82. The molecule has 0 aliphatic heterocycles. The van der Waals surface area contributed by atoms with Crippen LogP contribution in [0, 0.1) is 0 Å². The maximum atomic E-state index is 11.5. The van der Waals surface area contributed by atoms with Crippen LogP contribution < -0.4 is 15.2 Å². The summed E-state index contributed by atoms with van der Waals surface area (Å²) in [5, 5.41) is 3.99. The minimum atomic E-state index is -3.62. The smallest absolute Gasteiger partial charge is 0.241 e. The van der Waals surface area contributed by atoms with Crippen molar-refractivity contribution >= 4 is 15.9 Å². The van der Waals surface area contributed by atoms with Crippen LogP contribution in [0.2, 0.25) is 0 Å². The Morgan fingerprint density at radius 2 is 2.04 bits per heavy atom. The van der Waals surface area contributed by atoms with E-state index in [1.54, 1.807) is 35.3 Å². The third kappa shape index (κ3) is 4.50. The summed E-state index contributed by atoms with van der Waals surface area (Å²) in [6.45, 7) is 1.12. The molecule has 1 aromatic carbocycles. The zero-order valence-electron chi connectivity index (χ0n) is 12.6. The Morgan fingerprint density at radius 1 is 1.39 bits per heavy atom. The van der Waals surface area contributed by atoms with Gasteiger partial charge in [0.1, 0.15) is 30.5 Å². The molecular formula is C13H17N5O4S. The number of sulfonamides is 1. The van der Waals surface area contributed by atoms with Crippen molar-refractivity contribution in [3.8, 4) is 11.4 Å². The average Bonchev–Trinajstić information content (AvgIpc) is 2.98. The van der Waals surface area contributed by atoms with Crippen LogP contribution in [0.4, 0.5) is 0 Å². The van der Waals surface area contributed by atoms with Crippen molar-refractivity contribution in [2.45, 2.75) is 12.5 Å². The van der Waals surface area contributed by atoms with Crippen molar-refractivity contribution in [3.05, 3.63) is 36.9 Å². The normalized spacial score (nSPS) is 14.2. The molecule has 2 aromatic rings. The Morgan fingerprint density at radius 3 is 2.52 bits per heavy atom. The number of hydrogen-bond donors (Lipinski definition) is 2. The average molecular weight is 339 g/mol. The van der Waals surface area contributed by atoms with E-state index in [0.717, 1.165) is 11.9 Å². The van der Waals surface area contributed by atoms with E-state index >= 15 is 0 Å². The Bertz CT molecular complexity index is 773. The molecule has 2 rings (SSSR count). The van der Waals surface area contributed by atoms with Gasteiger partial charge in [-0.15, -0.1) is 0 Å². The van der Waals surface area contributed by atoms with Crippen molar-refractivity contribution in [3.63, 3.8) is 0 Å². The molecule has 0 radical (unpaired) electrons. The van der Waals surface area contributed by atoms with Gasteiger partial charge in [0.15, 0.2) is 0 Å². The molecule has 0 aliphatic rings. The number of carbonyl (C=O) groups is 1. The Hall–Kier alpha value is -2.46.